The molecule has 0 aliphatic heterocycles. The van der Waals surface area contributed by atoms with Crippen LogP contribution in [-0.4, -0.2) is 25.3 Å². The van der Waals surface area contributed by atoms with E-state index in [1.165, 1.54) is 0 Å². The van der Waals surface area contributed by atoms with Crippen molar-refractivity contribution >= 4 is 53.2 Å². The number of hydrogen-bond donors (Lipinski definition) is 2. The first kappa shape index (κ1) is 17.5. The predicted molar refractivity (Wildman–Crippen MR) is 101 cm³/mol. The van der Waals surface area contributed by atoms with Crippen LogP contribution in [0.1, 0.15) is 45.7 Å². The number of halogens is 1. The van der Waals surface area contributed by atoms with E-state index in [1.807, 2.05) is 13.8 Å². The number of carbonyl (C=O) groups is 1. The van der Waals surface area contributed by atoms with Gasteiger partial charge in [-0.3, -0.25) is 0 Å². The number of hydrogen-bond acceptors (Lipinski definition) is 5. The van der Waals surface area contributed by atoms with Gasteiger partial charge in [0.05, 0.1) is 0 Å². The first-order valence-corrected chi connectivity index (χ1v) is 9.66. The quantitative estimate of drug-likeness (QED) is 0.502. The van der Waals surface area contributed by atoms with E-state index in [-0.39, 0.29) is 32.0 Å². The van der Waals surface area contributed by atoms with Gasteiger partial charge in [-0.2, -0.15) is 0 Å². The van der Waals surface area contributed by atoms with E-state index in [2.05, 4.69) is 11.1 Å². The van der Waals surface area contributed by atoms with Gasteiger partial charge in [0.15, 0.2) is 0 Å². The number of pyridine rings is 1. The number of anilines is 2. The average Bonchev–Trinajstić information content (AvgIpc) is 2.89. The number of nitriles is 1. The Labute approximate surface area is 156 Å². The van der Waals surface area contributed by atoms with Crippen molar-refractivity contribution < 1.29 is 4.79 Å². The number of ketones is 1. The molecule has 0 spiro atoms. The van der Waals surface area contributed by atoms with Crippen LogP contribution < -0.4 is 11.5 Å². The Morgan fingerprint density at radius 3 is 2.48 bits per heavy atom. The van der Waals surface area contributed by atoms with Crippen LogP contribution in [0.4, 0.5) is 11.5 Å². The molecule has 4 N–H and O–H groups in total. The Bertz CT molecular complexity index is 1030. The van der Waals surface area contributed by atoms with Crippen LogP contribution in [0.25, 0.3) is 9.78 Å². The van der Waals surface area contributed by atoms with Crippen molar-refractivity contribution in [1.82, 2.24) is 4.98 Å². The molecule has 3 rings (SSSR count). The third-order valence-electron chi connectivity index (χ3n) is 3.95. The van der Waals surface area contributed by atoms with Crippen LogP contribution in [0.2, 0.25) is 5.02 Å². The molecule has 0 radical (unpaired) electrons. The standard InChI is InChI=1S/C18H15ClN4OSe/c1-8(2)12-11(7-20)17(22)23-18-13(12)14(21)16(25-18)15(24)9-3-5-10(19)6-4-9/h3-6,8H,21H2,1-2H3,(H2,22,23). The van der Waals surface area contributed by atoms with Crippen molar-refractivity contribution in [3.05, 3.63) is 50.4 Å². The molecular formula is C18H15ClN4OSe. The number of aromatic nitrogens is 1. The van der Waals surface area contributed by atoms with Crippen LogP contribution in [0.15, 0.2) is 24.3 Å². The second kappa shape index (κ2) is 6.53. The number of rotatable bonds is 3. The molecule has 0 atom stereocenters. The molecule has 0 unspecified atom stereocenters. The predicted octanol–water partition coefficient (Wildman–Crippen LogP) is 3.34. The molecule has 126 valence electrons. The molecule has 5 nitrogen and oxygen atoms in total. The van der Waals surface area contributed by atoms with E-state index >= 15 is 0 Å². The number of nitrogens with two attached hydrogens (primary N) is 2. The minimum atomic E-state index is -0.359. The summed E-state index contributed by atoms with van der Waals surface area (Å²) in [5.74, 6) is 0.0896. The molecule has 2 heterocycles. The van der Waals surface area contributed by atoms with E-state index in [4.69, 9.17) is 23.1 Å². The zero-order chi connectivity index (χ0) is 18.3. The van der Waals surface area contributed by atoms with E-state index in [0.717, 1.165) is 5.56 Å². The Morgan fingerprint density at radius 1 is 1.28 bits per heavy atom. The molecule has 0 bridgehead atoms. The van der Waals surface area contributed by atoms with Crippen molar-refractivity contribution in [2.75, 3.05) is 11.5 Å². The number of benzene rings is 1. The van der Waals surface area contributed by atoms with Crippen LogP contribution >= 0.6 is 11.6 Å². The summed E-state index contributed by atoms with van der Waals surface area (Å²) >= 11 is 5.53. The Hall–Kier alpha value is -2.32. The summed E-state index contributed by atoms with van der Waals surface area (Å²) in [4.78, 5) is 17.2. The maximum absolute atomic E-state index is 12.9. The first-order chi connectivity index (χ1) is 11.8. The zero-order valence-corrected chi connectivity index (χ0v) is 16.1. The van der Waals surface area contributed by atoms with Gasteiger partial charge in [-0.15, -0.1) is 0 Å². The second-order valence-electron chi connectivity index (χ2n) is 5.91. The van der Waals surface area contributed by atoms with Gasteiger partial charge < -0.3 is 0 Å². The van der Waals surface area contributed by atoms with Gasteiger partial charge >= 0.3 is 156 Å². The number of carbonyl (C=O) groups excluding carboxylic acids is 1. The minimum absolute atomic E-state index is 0.0352. The third kappa shape index (κ3) is 2.91. The summed E-state index contributed by atoms with van der Waals surface area (Å²) in [5, 5.41) is 10.7. The van der Waals surface area contributed by atoms with E-state index in [0.29, 0.717) is 36.1 Å². The molecule has 1 aromatic carbocycles. The van der Waals surface area contributed by atoms with Gasteiger partial charge in [0.2, 0.25) is 0 Å². The van der Waals surface area contributed by atoms with E-state index < -0.39 is 0 Å². The summed E-state index contributed by atoms with van der Waals surface area (Å²) in [7, 11) is 0. The van der Waals surface area contributed by atoms with Crippen LogP contribution in [0, 0.1) is 11.3 Å². The normalized spacial score (nSPS) is 11.0. The first-order valence-electron chi connectivity index (χ1n) is 7.56. The molecule has 0 aliphatic rings. The summed E-state index contributed by atoms with van der Waals surface area (Å²) < 4.78 is 1.25. The Balaban J connectivity index is 2.27. The third-order valence-corrected chi connectivity index (χ3v) is 6.50. The van der Waals surface area contributed by atoms with E-state index in [9.17, 15) is 10.1 Å². The van der Waals surface area contributed by atoms with Crippen molar-refractivity contribution in [2.24, 2.45) is 0 Å². The van der Waals surface area contributed by atoms with Crippen LogP contribution in [0.3, 0.4) is 0 Å². The molecule has 25 heavy (non-hydrogen) atoms. The number of fused-ring (bicyclic) bond motifs is 1. The molecule has 0 fully saturated rings. The van der Waals surface area contributed by atoms with Crippen molar-refractivity contribution in [3.8, 4) is 6.07 Å². The fourth-order valence-electron chi connectivity index (χ4n) is 2.79. The van der Waals surface area contributed by atoms with Crippen molar-refractivity contribution in [2.45, 2.75) is 19.8 Å². The van der Waals surface area contributed by atoms with Gasteiger partial charge in [0.1, 0.15) is 0 Å². The van der Waals surface area contributed by atoms with Gasteiger partial charge in [0.25, 0.3) is 0 Å². The SMILES string of the molecule is CC(C)c1c(C#N)c(N)nc2[se]c(C(=O)c3ccc(Cl)cc3)c(N)c12. The summed E-state index contributed by atoms with van der Waals surface area (Å²) in [6.07, 6.45) is 0. The van der Waals surface area contributed by atoms with Crippen molar-refractivity contribution in [3.63, 3.8) is 0 Å². The molecule has 0 aliphatic carbocycles. The van der Waals surface area contributed by atoms with Gasteiger partial charge in [-0.1, -0.05) is 0 Å². The Morgan fingerprint density at radius 2 is 1.92 bits per heavy atom. The summed E-state index contributed by atoms with van der Waals surface area (Å²) in [5.41, 5.74) is 14.3. The molecule has 0 amide bonds. The zero-order valence-electron chi connectivity index (χ0n) is 13.6. The molecule has 0 saturated carbocycles. The van der Waals surface area contributed by atoms with Crippen LogP contribution in [-0.2, 0) is 0 Å². The van der Waals surface area contributed by atoms with Gasteiger partial charge in [-0.25, -0.2) is 0 Å². The van der Waals surface area contributed by atoms with Gasteiger partial charge in [0, 0.05) is 0 Å². The van der Waals surface area contributed by atoms with Gasteiger partial charge in [-0.05, 0) is 0 Å². The topological polar surface area (TPSA) is 106 Å². The monoisotopic (exact) mass is 418 g/mol. The number of nitrogens with zero attached hydrogens (tertiary/aromatic N) is 2. The van der Waals surface area contributed by atoms with E-state index in [1.54, 1.807) is 24.3 Å². The summed E-state index contributed by atoms with van der Waals surface area (Å²) in [6.45, 7) is 3.93. The fraction of sp³-hybridized carbons (Fsp3) is 0.167. The second-order valence-corrected chi connectivity index (χ2v) is 8.45. The molecular weight excluding hydrogens is 403 g/mol. The fourth-order valence-corrected chi connectivity index (χ4v) is 5.19. The van der Waals surface area contributed by atoms with Crippen molar-refractivity contribution in [1.29, 1.82) is 5.26 Å². The molecule has 3 aromatic rings. The Kier molecular flexibility index (Phi) is 4.57. The molecule has 0 saturated heterocycles. The van der Waals surface area contributed by atoms with Crippen LogP contribution in [0.5, 0.6) is 0 Å². The summed E-state index contributed by atoms with van der Waals surface area (Å²) in [6, 6.07) is 8.81. The molecule has 7 heteroatoms. The average molecular weight is 418 g/mol. The molecule has 2 aromatic heterocycles. The maximum atomic E-state index is 12.9. The number of nitrogen functional groups attached to an aromatic ring is 2.